The van der Waals surface area contributed by atoms with Crippen LogP contribution in [0.5, 0.6) is 5.75 Å². The molecule has 0 aliphatic rings. The topological polar surface area (TPSA) is 21.3 Å². The molecule has 2 aromatic rings. The van der Waals surface area contributed by atoms with Crippen molar-refractivity contribution >= 4 is 5.69 Å². The zero-order valence-corrected chi connectivity index (χ0v) is 12.4. The van der Waals surface area contributed by atoms with E-state index in [4.69, 9.17) is 4.74 Å². The highest BCUT2D eigenvalue weighted by molar-refractivity contribution is 5.53. The van der Waals surface area contributed by atoms with Crippen molar-refractivity contribution in [3.05, 3.63) is 59.7 Å². The Bertz CT molecular complexity index is 522. The highest BCUT2D eigenvalue weighted by Gasteiger charge is 1.99. The van der Waals surface area contributed by atoms with Gasteiger partial charge in [-0.15, -0.1) is 0 Å². The van der Waals surface area contributed by atoms with Gasteiger partial charge in [-0.25, -0.2) is 0 Å². The third kappa shape index (κ3) is 4.30. The van der Waals surface area contributed by atoms with Crippen molar-refractivity contribution in [2.75, 3.05) is 18.5 Å². The molecule has 1 N–H and O–H groups in total. The van der Waals surface area contributed by atoms with Crippen LogP contribution in [-0.2, 0) is 0 Å². The Hall–Kier alpha value is -1.96. The van der Waals surface area contributed by atoms with Crippen molar-refractivity contribution in [3.8, 4) is 5.75 Å². The van der Waals surface area contributed by atoms with Crippen molar-refractivity contribution < 1.29 is 4.74 Å². The fourth-order valence-electron chi connectivity index (χ4n) is 2.10. The molecular formula is C18H23NO. The van der Waals surface area contributed by atoms with E-state index in [2.05, 4.69) is 37.4 Å². The van der Waals surface area contributed by atoms with Crippen molar-refractivity contribution in [2.24, 2.45) is 0 Å². The monoisotopic (exact) mass is 269 g/mol. The number of hydrogen-bond acceptors (Lipinski definition) is 2. The van der Waals surface area contributed by atoms with Gasteiger partial charge in [0.25, 0.3) is 0 Å². The van der Waals surface area contributed by atoms with Crippen molar-refractivity contribution in [2.45, 2.75) is 26.7 Å². The highest BCUT2D eigenvalue weighted by Crippen LogP contribution is 2.17. The fourth-order valence-corrected chi connectivity index (χ4v) is 2.10. The summed E-state index contributed by atoms with van der Waals surface area (Å²) in [6.45, 7) is 6.07. The minimum Gasteiger partial charge on any atom is -0.494 e. The zero-order valence-electron chi connectivity index (χ0n) is 12.4. The molecule has 20 heavy (non-hydrogen) atoms. The van der Waals surface area contributed by atoms with Crippen LogP contribution in [0.4, 0.5) is 5.69 Å². The number of aryl methyl sites for hydroxylation is 1. The predicted octanol–water partition coefficient (Wildman–Crippen LogP) is 4.57. The SMILES string of the molecule is Cc1cccc(NCCCCOc2ccccc2)c1C. The molecule has 0 atom stereocenters. The van der Waals surface area contributed by atoms with Crippen LogP contribution >= 0.6 is 0 Å². The van der Waals surface area contributed by atoms with Crippen LogP contribution in [0.2, 0.25) is 0 Å². The molecule has 0 aliphatic carbocycles. The first-order valence-corrected chi connectivity index (χ1v) is 7.25. The lowest BCUT2D eigenvalue weighted by molar-refractivity contribution is 0.308. The molecule has 0 saturated carbocycles. The summed E-state index contributed by atoms with van der Waals surface area (Å²) in [6, 6.07) is 16.4. The molecule has 0 aromatic heterocycles. The van der Waals surface area contributed by atoms with E-state index in [0.29, 0.717) is 0 Å². The Kier molecular flexibility index (Phi) is 5.48. The van der Waals surface area contributed by atoms with Crippen LogP contribution in [0.3, 0.4) is 0 Å². The quantitative estimate of drug-likeness (QED) is 0.743. The van der Waals surface area contributed by atoms with Crippen LogP contribution in [0, 0.1) is 13.8 Å². The first kappa shape index (κ1) is 14.4. The normalized spacial score (nSPS) is 10.3. The molecular weight excluding hydrogens is 246 g/mol. The van der Waals surface area contributed by atoms with Gasteiger partial charge in [-0.1, -0.05) is 30.3 Å². The number of hydrogen-bond donors (Lipinski definition) is 1. The van der Waals surface area contributed by atoms with Gasteiger partial charge in [-0.05, 0) is 56.0 Å². The minimum atomic E-state index is 0.776. The van der Waals surface area contributed by atoms with Gasteiger partial charge in [0.05, 0.1) is 6.61 Å². The number of para-hydroxylation sites is 1. The van der Waals surface area contributed by atoms with Gasteiger partial charge in [0.2, 0.25) is 0 Å². The molecule has 0 unspecified atom stereocenters. The van der Waals surface area contributed by atoms with E-state index in [9.17, 15) is 0 Å². The molecule has 0 amide bonds. The summed E-state index contributed by atoms with van der Waals surface area (Å²) in [4.78, 5) is 0. The van der Waals surface area contributed by atoms with Crippen molar-refractivity contribution in [1.82, 2.24) is 0 Å². The second-order valence-corrected chi connectivity index (χ2v) is 5.04. The number of unbranched alkanes of at least 4 members (excludes halogenated alkanes) is 1. The number of nitrogens with one attached hydrogen (secondary N) is 1. The van der Waals surface area contributed by atoms with Crippen LogP contribution < -0.4 is 10.1 Å². The third-order valence-corrected chi connectivity index (χ3v) is 3.50. The molecule has 0 radical (unpaired) electrons. The Labute approximate surface area is 121 Å². The summed E-state index contributed by atoms with van der Waals surface area (Å²) in [5.41, 5.74) is 3.92. The second-order valence-electron chi connectivity index (χ2n) is 5.04. The summed E-state index contributed by atoms with van der Waals surface area (Å²) in [7, 11) is 0. The Morgan fingerprint density at radius 1 is 0.900 bits per heavy atom. The molecule has 2 nitrogen and oxygen atoms in total. The van der Waals surface area contributed by atoms with Crippen LogP contribution in [0.1, 0.15) is 24.0 Å². The van der Waals surface area contributed by atoms with Crippen LogP contribution in [0.15, 0.2) is 48.5 Å². The van der Waals surface area contributed by atoms with E-state index in [1.807, 2.05) is 30.3 Å². The molecule has 2 rings (SSSR count). The summed E-state index contributed by atoms with van der Waals surface area (Å²) >= 11 is 0. The highest BCUT2D eigenvalue weighted by atomic mass is 16.5. The molecule has 2 heteroatoms. The van der Waals surface area contributed by atoms with E-state index >= 15 is 0 Å². The maximum absolute atomic E-state index is 5.67. The largest absolute Gasteiger partial charge is 0.494 e. The Balaban J connectivity index is 1.63. The molecule has 0 bridgehead atoms. The summed E-state index contributed by atoms with van der Waals surface area (Å²) < 4.78 is 5.67. The van der Waals surface area contributed by atoms with Gasteiger partial charge >= 0.3 is 0 Å². The van der Waals surface area contributed by atoms with E-state index in [-0.39, 0.29) is 0 Å². The smallest absolute Gasteiger partial charge is 0.119 e. The van der Waals surface area contributed by atoms with Gasteiger partial charge in [-0.3, -0.25) is 0 Å². The first-order chi connectivity index (χ1) is 9.77. The van der Waals surface area contributed by atoms with Crippen molar-refractivity contribution in [3.63, 3.8) is 0 Å². The molecule has 106 valence electrons. The number of rotatable bonds is 7. The van der Waals surface area contributed by atoms with E-state index in [1.54, 1.807) is 0 Å². The van der Waals surface area contributed by atoms with Gasteiger partial charge in [0.1, 0.15) is 5.75 Å². The van der Waals surface area contributed by atoms with Crippen molar-refractivity contribution in [1.29, 1.82) is 0 Å². The molecule has 0 saturated heterocycles. The lowest BCUT2D eigenvalue weighted by Gasteiger charge is -2.11. The van der Waals surface area contributed by atoms with E-state index < -0.39 is 0 Å². The zero-order chi connectivity index (χ0) is 14.2. The molecule has 2 aromatic carbocycles. The molecule has 0 spiro atoms. The van der Waals surface area contributed by atoms with Gasteiger partial charge in [0, 0.05) is 12.2 Å². The summed E-state index contributed by atoms with van der Waals surface area (Å²) in [5.74, 6) is 0.954. The van der Waals surface area contributed by atoms with Gasteiger partial charge in [-0.2, -0.15) is 0 Å². The number of anilines is 1. The second kappa shape index (κ2) is 7.59. The third-order valence-electron chi connectivity index (χ3n) is 3.50. The molecule has 0 heterocycles. The summed E-state index contributed by atoms with van der Waals surface area (Å²) in [5, 5.41) is 3.50. The lowest BCUT2D eigenvalue weighted by atomic mass is 10.1. The standard InChI is InChI=1S/C18H23NO/c1-15-9-8-12-18(16(15)2)19-13-6-7-14-20-17-10-4-3-5-11-17/h3-5,8-12,19H,6-7,13-14H2,1-2H3. The van der Waals surface area contributed by atoms with E-state index in [1.165, 1.54) is 16.8 Å². The number of benzene rings is 2. The predicted molar refractivity (Wildman–Crippen MR) is 85.6 cm³/mol. The van der Waals surface area contributed by atoms with Gasteiger partial charge < -0.3 is 10.1 Å². The Morgan fingerprint density at radius 2 is 1.70 bits per heavy atom. The average Bonchev–Trinajstić information content (AvgIpc) is 2.48. The maximum atomic E-state index is 5.67. The summed E-state index contributed by atoms with van der Waals surface area (Å²) in [6.07, 6.45) is 2.17. The van der Waals surface area contributed by atoms with E-state index in [0.717, 1.165) is 31.7 Å². The lowest BCUT2D eigenvalue weighted by Crippen LogP contribution is -2.06. The first-order valence-electron chi connectivity index (χ1n) is 7.25. The molecule has 0 fully saturated rings. The Morgan fingerprint density at radius 3 is 2.50 bits per heavy atom. The number of ether oxygens (including phenoxy) is 1. The fraction of sp³-hybridized carbons (Fsp3) is 0.333. The van der Waals surface area contributed by atoms with Gasteiger partial charge in [0.15, 0.2) is 0 Å². The van der Waals surface area contributed by atoms with Crippen LogP contribution in [-0.4, -0.2) is 13.2 Å². The minimum absolute atomic E-state index is 0.776. The van der Waals surface area contributed by atoms with Crippen LogP contribution in [0.25, 0.3) is 0 Å². The maximum Gasteiger partial charge on any atom is 0.119 e. The average molecular weight is 269 g/mol. The molecule has 0 aliphatic heterocycles.